The Morgan fingerprint density at radius 3 is 2.78 bits per heavy atom. The van der Waals surface area contributed by atoms with E-state index in [-0.39, 0.29) is 24.1 Å². The molecule has 1 aliphatic heterocycles. The Balaban J connectivity index is 1.64. The molecule has 1 aromatic carbocycles. The molecular weight excluding hydrogens is 351 g/mol. The maximum Gasteiger partial charge on any atom is 0.372 e. The van der Waals surface area contributed by atoms with Crippen LogP contribution in [0.3, 0.4) is 0 Å². The molecule has 0 radical (unpaired) electrons. The molecule has 7 nitrogen and oxygen atoms in total. The number of hydrogen-bond donors (Lipinski definition) is 0. The van der Waals surface area contributed by atoms with E-state index in [9.17, 15) is 19.3 Å². The number of nitrogens with zero attached hydrogens (tertiary/aromatic N) is 4. The van der Waals surface area contributed by atoms with E-state index in [4.69, 9.17) is 0 Å². The number of fused-ring (bicyclic) bond motifs is 1. The standard InChI is InChI=1S/C19H17FN4O3/c20-14-8-6-13(7-9-14)16(25)12-15-4-3-11-22(15)18-19(24(26)27)23-10-2-1-5-17(23)21-18/h1-2,5-10,15H,3-4,11-12H2/t15-/m1/s1. The maximum atomic E-state index is 13.1. The lowest BCUT2D eigenvalue weighted by atomic mass is 10.0. The van der Waals surface area contributed by atoms with Gasteiger partial charge in [-0.15, -0.1) is 0 Å². The summed E-state index contributed by atoms with van der Waals surface area (Å²) >= 11 is 0. The first-order valence-electron chi connectivity index (χ1n) is 8.71. The third kappa shape index (κ3) is 3.14. The molecule has 0 bridgehead atoms. The number of carbonyl (C=O) groups excluding carboxylic acids is 1. The molecule has 0 unspecified atom stereocenters. The van der Waals surface area contributed by atoms with Gasteiger partial charge in [-0.1, -0.05) is 6.07 Å². The fourth-order valence-electron chi connectivity index (χ4n) is 3.63. The van der Waals surface area contributed by atoms with Gasteiger partial charge in [-0.3, -0.25) is 4.79 Å². The molecule has 3 aromatic rings. The molecule has 0 N–H and O–H groups in total. The summed E-state index contributed by atoms with van der Waals surface area (Å²) in [5.74, 6) is -0.306. The van der Waals surface area contributed by atoms with Gasteiger partial charge < -0.3 is 15.0 Å². The molecule has 0 amide bonds. The van der Waals surface area contributed by atoms with Gasteiger partial charge in [-0.05, 0) is 48.1 Å². The smallest absolute Gasteiger partial charge is 0.358 e. The van der Waals surface area contributed by atoms with E-state index in [0.29, 0.717) is 23.6 Å². The Morgan fingerprint density at radius 1 is 1.26 bits per heavy atom. The number of nitro groups is 1. The molecule has 8 heteroatoms. The lowest BCUT2D eigenvalue weighted by molar-refractivity contribution is -0.389. The first-order chi connectivity index (χ1) is 13.0. The zero-order valence-electron chi connectivity index (χ0n) is 14.4. The summed E-state index contributed by atoms with van der Waals surface area (Å²) in [6.07, 6.45) is 3.39. The van der Waals surface area contributed by atoms with Crippen LogP contribution in [0.5, 0.6) is 0 Å². The van der Waals surface area contributed by atoms with Gasteiger partial charge >= 0.3 is 5.82 Å². The minimum atomic E-state index is -0.438. The van der Waals surface area contributed by atoms with E-state index in [0.717, 1.165) is 12.8 Å². The van der Waals surface area contributed by atoms with Crippen molar-refractivity contribution in [2.75, 3.05) is 11.4 Å². The number of Topliss-reactive ketones (excluding diaryl/α,β-unsaturated/α-hetero) is 1. The van der Waals surface area contributed by atoms with Crippen LogP contribution in [0.1, 0.15) is 29.6 Å². The summed E-state index contributed by atoms with van der Waals surface area (Å²) in [4.78, 5) is 30.1. The summed E-state index contributed by atoms with van der Waals surface area (Å²) in [6, 6.07) is 10.5. The number of aromatic nitrogens is 2. The number of carbonyl (C=O) groups is 1. The average Bonchev–Trinajstić information content (AvgIpc) is 3.25. The molecule has 4 rings (SSSR count). The van der Waals surface area contributed by atoms with Gasteiger partial charge in [0.1, 0.15) is 5.82 Å². The van der Waals surface area contributed by atoms with Crippen molar-refractivity contribution in [1.82, 2.24) is 9.38 Å². The first kappa shape index (κ1) is 17.1. The number of imidazole rings is 1. The maximum absolute atomic E-state index is 13.1. The minimum absolute atomic E-state index is 0.0910. The molecule has 1 atom stereocenters. The molecule has 2 aromatic heterocycles. The fraction of sp³-hybridized carbons (Fsp3) is 0.263. The highest BCUT2D eigenvalue weighted by molar-refractivity contribution is 5.96. The number of pyridine rings is 1. The Hall–Kier alpha value is -3.29. The van der Waals surface area contributed by atoms with Crippen molar-refractivity contribution in [3.8, 4) is 0 Å². The van der Waals surface area contributed by atoms with Crippen LogP contribution in [-0.4, -0.2) is 32.7 Å². The zero-order valence-corrected chi connectivity index (χ0v) is 14.4. The predicted octanol–water partition coefficient (Wildman–Crippen LogP) is 3.62. The Bertz CT molecular complexity index is 1020. The summed E-state index contributed by atoms with van der Waals surface area (Å²) in [5.41, 5.74) is 0.933. The van der Waals surface area contributed by atoms with Crippen LogP contribution in [0.25, 0.3) is 5.65 Å². The minimum Gasteiger partial charge on any atom is -0.358 e. The van der Waals surface area contributed by atoms with E-state index in [1.165, 1.54) is 28.7 Å². The van der Waals surface area contributed by atoms with Crippen molar-refractivity contribution in [3.05, 3.63) is 70.2 Å². The average molecular weight is 368 g/mol. The van der Waals surface area contributed by atoms with Crippen LogP contribution >= 0.6 is 0 Å². The highest BCUT2D eigenvalue weighted by Crippen LogP contribution is 2.35. The lowest BCUT2D eigenvalue weighted by Crippen LogP contribution is -2.32. The number of halogens is 1. The Kier molecular flexibility index (Phi) is 4.31. The van der Waals surface area contributed by atoms with Gasteiger partial charge in [0, 0.05) is 30.6 Å². The molecule has 0 aliphatic carbocycles. The number of hydrogen-bond acceptors (Lipinski definition) is 5. The van der Waals surface area contributed by atoms with E-state index < -0.39 is 10.7 Å². The zero-order chi connectivity index (χ0) is 19.0. The van der Waals surface area contributed by atoms with Crippen LogP contribution < -0.4 is 4.90 Å². The second-order valence-electron chi connectivity index (χ2n) is 6.57. The van der Waals surface area contributed by atoms with Crippen molar-refractivity contribution in [2.24, 2.45) is 0 Å². The van der Waals surface area contributed by atoms with Crippen LogP contribution in [0, 0.1) is 15.9 Å². The van der Waals surface area contributed by atoms with Gasteiger partial charge in [-0.2, -0.15) is 9.38 Å². The van der Waals surface area contributed by atoms with Gasteiger partial charge in [0.25, 0.3) is 0 Å². The third-order valence-electron chi connectivity index (χ3n) is 4.90. The quantitative estimate of drug-likeness (QED) is 0.390. The van der Waals surface area contributed by atoms with Crippen LogP contribution in [0.15, 0.2) is 48.7 Å². The molecule has 3 heterocycles. The summed E-state index contributed by atoms with van der Waals surface area (Å²) in [6.45, 7) is 0.603. The second kappa shape index (κ2) is 6.79. The normalized spacial score (nSPS) is 16.8. The molecule has 27 heavy (non-hydrogen) atoms. The second-order valence-corrected chi connectivity index (χ2v) is 6.57. The van der Waals surface area contributed by atoms with Gasteiger partial charge in [0.2, 0.25) is 11.5 Å². The largest absolute Gasteiger partial charge is 0.372 e. The van der Waals surface area contributed by atoms with E-state index in [1.54, 1.807) is 24.4 Å². The molecule has 0 saturated carbocycles. The summed E-state index contributed by atoms with van der Waals surface area (Å²) in [5, 5.41) is 11.7. The van der Waals surface area contributed by atoms with Crippen LogP contribution in [0.4, 0.5) is 16.0 Å². The highest BCUT2D eigenvalue weighted by Gasteiger charge is 2.35. The number of ketones is 1. The van der Waals surface area contributed by atoms with Crippen LogP contribution in [0.2, 0.25) is 0 Å². The van der Waals surface area contributed by atoms with Gasteiger partial charge in [0.05, 0.1) is 6.20 Å². The third-order valence-corrected chi connectivity index (χ3v) is 4.90. The molecule has 0 spiro atoms. The van der Waals surface area contributed by atoms with E-state index in [2.05, 4.69) is 4.98 Å². The Morgan fingerprint density at radius 2 is 2.04 bits per heavy atom. The van der Waals surface area contributed by atoms with E-state index >= 15 is 0 Å². The van der Waals surface area contributed by atoms with Crippen molar-refractivity contribution < 1.29 is 14.1 Å². The van der Waals surface area contributed by atoms with Crippen molar-refractivity contribution in [3.63, 3.8) is 0 Å². The van der Waals surface area contributed by atoms with Crippen LogP contribution in [-0.2, 0) is 0 Å². The molecule has 1 saturated heterocycles. The van der Waals surface area contributed by atoms with Crippen molar-refractivity contribution in [1.29, 1.82) is 0 Å². The monoisotopic (exact) mass is 368 g/mol. The predicted molar refractivity (Wildman–Crippen MR) is 97.6 cm³/mol. The molecule has 138 valence electrons. The lowest BCUT2D eigenvalue weighted by Gasteiger charge is -2.23. The van der Waals surface area contributed by atoms with E-state index in [1.807, 2.05) is 4.90 Å². The van der Waals surface area contributed by atoms with Crippen molar-refractivity contribution >= 4 is 23.1 Å². The number of benzene rings is 1. The highest BCUT2D eigenvalue weighted by atomic mass is 19.1. The summed E-state index contributed by atoms with van der Waals surface area (Å²) < 4.78 is 14.5. The number of anilines is 1. The summed E-state index contributed by atoms with van der Waals surface area (Å²) in [7, 11) is 0. The SMILES string of the molecule is O=C(C[C@H]1CCCN1c1nc2ccccn2c1[N+](=O)[O-])c1ccc(F)cc1. The van der Waals surface area contributed by atoms with Gasteiger partial charge in [0.15, 0.2) is 5.78 Å². The van der Waals surface area contributed by atoms with Gasteiger partial charge in [-0.25, -0.2) is 4.39 Å². The Labute approximate surface area is 154 Å². The molecule has 1 fully saturated rings. The molecule has 1 aliphatic rings. The number of rotatable bonds is 5. The topological polar surface area (TPSA) is 80.8 Å². The fourth-order valence-corrected chi connectivity index (χ4v) is 3.63. The molecular formula is C19H17FN4O3. The first-order valence-corrected chi connectivity index (χ1v) is 8.71. The van der Waals surface area contributed by atoms with Crippen molar-refractivity contribution in [2.45, 2.75) is 25.3 Å².